The van der Waals surface area contributed by atoms with Crippen molar-refractivity contribution in [2.45, 2.75) is 51.0 Å². The third-order valence-electron chi connectivity index (χ3n) is 6.82. The molecular weight excluding hydrogens is 454 g/mol. The molecule has 1 aliphatic rings. The molecule has 0 saturated heterocycles. The van der Waals surface area contributed by atoms with Crippen molar-refractivity contribution >= 4 is 33.9 Å². The van der Waals surface area contributed by atoms with Gasteiger partial charge >= 0.3 is 5.97 Å². The van der Waals surface area contributed by atoms with E-state index in [0.717, 1.165) is 36.5 Å². The van der Waals surface area contributed by atoms with E-state index in [1.807, 2.05) is 54.6 Å². The summed E-state index contributed by atoms with van der Waals surface area (Å²) >= 11 is 0. The Morgan fingerprint density at radius 1 is 1.03 bits per heavy atom. The normalized spacial score (nSPS) is 15.4. The Kier molecular flexibility index (Phi) is 6.80. The standard InChI is InChI=1S/C29H29N3O4/c1-19(29(34)35-2)36-26-17-16-20-10-6-7-13-22(20)24(26)18-30-32-27(21-11-4-3-5-12-21)31-25-15-9-8-14-23(25)28(32)33/h6-10,13-19,21H,3-5,11-12H2,1-2H3/t19-/m0/s1. The zero-order chi connectivity index (χ0) is 25.1. The fourth-order valence-corrected chi connectivity index (χ4v) is 4.91. The quantitative estimate of drug-likeness (QED) is 0.270. The van der Waals surface area contributed by atoms with Crippen LogP contribution in [-0.2, 0) is 9.53 Å². The minimum absolute atomic E-state index is 0.177. The van der Waals surface area contributed by atoms with Gasteiger partial charge in [0, 0.05) is 11.5 Å². The maximum atomic E-state index is 13.6. The molecule has 0 N–H and O–H groups in total. The van der Waals surface area contributed by atoms with E-state index in [2.05, 4.69) is 0 Å². The lowest BCUT2D eigenvalue weighted by Crippen LogP contribution is -2.26. The fraction of sp³-hybridized carbons (Fsp3) is 0.310. The second kappa shape index (κ2) is 10.3. The number of methoxy groups -OCH3 is 1. The van der Waals surface area contributed by atoms with Gasteiger partial charge in [0.25, 0.3) is 5.56 Å². The van der Waals surface area contributed by atoms with Gasteiger partial charge in [0.15, 0.2) is 6.10 Å². The van der Waals surface area contributed by atoms with Gasteiger partial charge in [0.2, 0.25) is 0 Å². The number of carbonyl (C=O) groups excluding carboxylic acids is 1. The number of para-hydroxylation sites is 1. The average molecular weight is 484 g/mol. The van der Waals surface area contributed by atoms with E-state index in [1.54, 1.807) is 19.2 Å². The van der Waals surface area contributed by atoms with Gasteiger partial charge in [0.1, 0.15) is 11.6 Å². The number of nitrogens with zero attached hydrogens (tertiary/aromatic N) is 3. The molecule has 1 aromatic heterocycles. The zero-order valence-electron chi connectivity index (χ0n) is 20.5. The topological polar surface area (TPSA) is 82.8 Å². The summed E-state index contributed by atoms with van der Waals surface area (Å²) in [5.74, 6) is 0.882. The Morgan fingerprint density at radius 2 is 1.75 bits per heavy atom. The second-order valence-electron chi connectivity index (χ2n) is 9.17. The number of ether oxygens (including phenoxy) is 2. The number of benzene rings is 3. The zero-order valence-corrected chi connectivity index (χ0v) is 20.5. The molecule has 0 aliphatic heterocycles. The van der Waals surface area contributed by atoms with E-state index in [0.29, 0.717) is 28.0 Å². The highest BCUT2D eigenvalue weighted by atomic mass is 16.6. The van der Waals surface area contributed by atoms with E-state index < -0.39 is 12.1 Å². The van der Waals surface area contributed by atoms with Gasteiger partial charge in [0.05, 0.1) is 24.2 Å². The number of carbonyl (C=O) groups is 1. The first kappa shape index (κ1) is 23.7. The van der Waals surface area contributed by atoms with E-state index in [4.69, 9.17) is 19.6 Å². The molecule has 0 amide bonds. The second-order valence-corrected chi connectivity index (χ2v) is 9.17. The summed E-state index contributed by atoms with van der Waals surface area (Å²) in [6.45, 7) is 1.64. The van der Waals surface area contributed by atoms with Gasteiger partial charge in [-0.15, -0.1) is 0 Å². The van der Waals surface area contributed by atoms with Crippen LogP contribution in [0.2, 0.25) is 0 Å². The van der Waals surface area contributed by atoms with E-state index in [9.17, 15) is 9.59 Å². The number of esters is 1. The van der Waals surface area contributed by atoms with E-state index >= 15 is 0 Å². The Morgan fingerprint density at radius 3 is 2.53 bits per heavy atom. The summed E-state index contributed by atoms with van der Waals surface area (Å²) in [6.07, 6.45) is 6.25. The number of fused-ring (bicyclic) bond motifs is 2. The third kappa shape index (κ3) is 4.61. The van der Waals surface area contributed by atoms with Crippen LogP contribution in [-0.4, -0.2) is 35.1 Å². The van der Waals surface area contributed by atoms with Crippen LogP contribution in [0.4, 0.5) is 0 Å². The number of hydrogen-bond acceptors (Lipinski definition) is 6. The van der Waals surface area contributed by atoms with Crippen LogP contribution < -0.4 is 10.3 Å². The van der Waals surface area contributed by atoms with E-state index in [1.165, 1.54) is 18.2 Å². The Bertz CT molecular complexity index is 1500. The minimum atomic E-state index is -0.800. The average Bonchev–Trinajstić information content (AvgIpc) is 2.93. The van der Waals surface area contributed by atoms with Crippen molar-refractivity contribution in [1.29, 1.82) is 0 Å². The lowest BCUT2D eigenvalue weighted by Gasteiger charge is -2.23. The van der Waals surface area contributed by atoms with Gasteiger partial charge in [-0.1, -0.05) is 61.7 Å². The smallest absolute Gasteiger partial charge is 0.346 e. The molecule has 1 aliphatic carbocycles. The summed E-state index contributed by atoms with van der Waals surface area (Å²) in [7, 11) is 1.33. The lowest BCUT2D eigenvalue weighted by atomic mass is 9.88. The van der Waals surface area contributed by atoms with Gasteiger partial charge in [-0.05, 0) is 48.7 Å². The van der Waals surface area contributed by atoms with Crippen molar-refractivity contribution in [1.82, 2.24) is 9.66 Å². The van der Waals surface area contributed by atoms with Crippen LogP contribution in [0.25, 0.3) is 21.7 Å². The molecule has 4 aromatic rings. The molecule has 5 rings (SSSR count). The monoisotopic (exact) mass is 483 g/mol. The van der Waals surface area contributed by atoms with Crippen LogP contribution in [0.3, 0.4) is 0 Å². The first-order valence-electron chi connectivity index (χ1n) is 12.4. The van der Waals surface area contributed by atoms with Crippen molar-refractivity contribution in [2.24, 2.45) is 5.10 Å². The summed E-state index contributed by atoms with van der Waals surface area (Å²) in [6, 6.07) is 19.0. The molecule has 7 heteroatoms. The summed E-state index contributed by atoms with van der Waals surface area (Å²) < 4.78 is 12.3. The predicted octanol–water partition coefficient (Wildman–Crippen LogP) is 5.42. The van der Waals surface area contributed by atoms with Crippen molar-refractivity contribution in [3.05, 3.63) is 82.4 Å². The number of aromatic nitrogens is 2. The number of rotatable bonds is 6. The van der Waals surface area contributed by atoms with Gasteiger partial charge in [-0.3, -0.25) is 4.79 Å². The molecule has 7 nitrogen and oxygen atoms in total. The van der Waals surface area contributed by atoms with Crippen molar-refractivity contribution < 1.29 is 14.3 Å². The molecule has 1 heterocycles. The summed E-state index contributed by atoms with van der Waals surface area (Å²) in [4.78, 5) is 30.5. The van der Waals surface area contributed by atoms with Crippen molar-refractivity contribution in [3.8, 4) is 5.75 Å². The fourth-order valence-electron chi connectivity index (χ4n) is 4.91. The Balaban J connectivity index is 1.66. The molecule has 1 saturated carbocycles. The highest BCUT2D eigenvalue weighted by molar-refractivity contribution is 6.02. The maximum absolute atomic E-state index is 13.6. The Labute approximate surface area is 209 Å². The van der Waals surface area contributed by atoms with E-state index in [-0.39, 0.29) is 11.5 Å². The molecule has 0 unspecified atom stereocenters. The molecule has 1 fully saturated rings. The SMILES string of the molecule is COC(=O)[C@H](C)Oc1ccc2ccccc2c1C=Nn1c(C2CCCCC2)nc2ccccc2c1=O. The van der Waals surface area contributed by atoms with Crippen molar-refractivity contribution in [3.63, 3.8) is 0 Å². The minimum Gasteiger partial charge on any atom is -0.478 e. The largest absolute Gasteiger partial charge is 0.478 e. The molecule has 0 bridgehead atoms. The van der Waals surface area contributed by atoms with Crippen molar-refractivity contribution in [2.75, 3.05) is 7.11 Å². The highest BCUT2D eigenvalue weighted by Crippen LogP contribution is 2.32. The van der Waals surface area contributed by atoms with Gasteiger partial charge in [-0.25, -0.2) is 9.78 Å². The van der Waals surface area contributed by atoms with Gasteiger partial charge in [-0.2, -0.15) is 9.78 Å². The first-order chi connectivity index (χ1) is 17.6. The molecule has 0 spiro atoms. The van der Waals surface area contributed by atoms with Gasteiger partial charge < -0.3 is 9.47 Å². The maximum Gasteiger partial charge on any atom is 0.346 e. The molecule has 3 aromatic carbocycles. The van der Waals surface area contributed by atoms with Crippen LogP contribution in [0, 0.1) is 0 Å². The van der Waals surface area contributed by atoms with Crippen LogP contribution in [0.1, 0.15) is 56.3 Å². The molecular formula is C29H29N3O4. The van der Waals surface area contributed by atoms with Crippen LogP contribution >= 0.6 is 0 Å². The van der Waals surface area contributed by atoms with Crippen LogP contribution in [0.5, 0.6) is 5.75 Å². The summed E-state index contributed by atoms with van der Waals surface area (Å²) in [5, 5.41) is 7.13. The number of hydrogen-bond donors (Lipinski definition) is 0. The molecule has 36 heavy (non-hydrogen) atoms. The predicted molar refractivity (Wildman–Crippen MR) is 141 cm³/mol. The highest BCUT2D eigenvalue weighted by Gasteiger charge is 2.23. The molecule has 1 atom stereocenters. The van der Waals surface area contributed by atoms with Crippen LogP contribution in [0.15, 0.2) is 70.6 Å². The summed E-state index contributed by atoms with van der Waals surface area (Å²) in [5.41, 5.74) is 1.18. The lowest BCUT2D eigenvalue weighted by molar-refractivity contribution is -0.147. The Hall–Kier alpha value is -4.00. The molecule has 0 radical (unpaired) electrons. The third-order valence-corrected chi connectivity index (χ3v) is 6.82. The first-order valence-corrected chi connectivity index (χ1v) is 12.4. The molecule has 184 valence electrons.